The molecule has 0 aliphatic carbocycles. The molecule has 5 rings (SSSR count). The highest BCUT2D eigenvalue weighted by Crippen LogP contribution is 2.33. The largest absolute Gasteiger partial charge is 0.530 e. The molecule has 1 aliphatic rings. The molecule has 2 amide bonds. The van der Waals surface area contributed by atoms with Gasteiger partial charge in [0.25, 0.3) is 0 Å². The van der Waals surface area contributed by atoms with Gasteiger partial charge in [0.05, 0.1) is 12.7 Å². The predicted molar refractivity (Wildman–Crippen MR) is 148 cm³/mol. The van der Waals surface area contributed by atoms with Gasteiger partial charge in [-0.2, -0.15) is 0 Å². The first kappa shape index (κ1) is 27.0. The highest BCUT2D eigenvalue weighted by molar-refractivity contribution is 5.83. The second-order valence-electron chi connectivity index (χ2n) is 9.53. The van der Waals surface area contributed by atoms with E-state index < -0.39 is 12.2 Å². The Bertz CT molecular complexity index is 1450. The number of pyridine rings is 1. The van der Waals surface area contributed by atoms with E-state index in [1.54, 1.807) is 24.4 Å². The lowest BCUT2D eigenvalue weighted by molar-refractivity contribution is -0.268. The summed E-state index contributed by atoms with van der Waals surface area (Å²) in [5, 5.41) is 16.4. The van der Waals surface area contributed by atoms with Crippen LogP contribution in [0.1, 0.15) is 23.5 Å². The topological polar surface area (TPSA) is 113 Å². The van der Waals surface area contributed by atoms with Crippen molar-refractivity contribution in [1.29, 1.82) is 0 Å². The van der Waals surface area contributed by atoms with Crippen molar-refractivity contribution in [2.75, 3.05) is 31.6 Å². The molecule has 1 aromatic heterocycles. The maximum absolute atomic E-state index is 11.9. The number of amides is 2. The summed E-state index contributed by atoms with van der Waals surface area (Å²) < 4.78 is 17.3. The summed E-state index contributed by atoms with van der Waals surface area (Å²) in [4.78, 5) is 28.9. The highest BCUT2D eigenvalue weighted by Gasteiger charge is 2.31. The Morgan fingerprint density at radius 1 is 0.950 bits per heavy atom. The third-order valence-corrected chi connectivity index (χ3v) is 6.86. The Morgan fingerprint density at radius 3 is 2.62 bits per heavy atom. The molecule has 2 heterocycles. The Morgan fingerprint density at radius 2 is 1.80 bits per heavy atom. The number of aromatic nitrogens is 1. The second-order valence-corrected chi connectivity index (χ2v) is 9.53. The monoisotopic (exact) mass is 540 g/mol. The van der Waals surface area contributed by atoms with E-state index in [1.165, 1.54) is 4.90 Å². The molecule has 1 saturated heterocycles. The Labute approximate surface area is 232 Å². The summed E-state index contributed by atoms with van der Waals surface area (Å²) in [5.41, 5.74) is 2.01. The van der Waals surface area contributed by atoms with Crippen LogP contribution in [0.3, 0.4) is 0 Å². The lowest BCUT2D eigenvalue weighted by atomic mass is 9.87. The fraction of sp³-hybridized carbons (Fsp3) is 0.258. The van der Waals surface area contributed by atoms with E-state index in [-0.39, 0.29) is 31.8 Å². The lowest BCUT2D eigenvalue weighted by Crippen LogP contribution is -2.51. The minimum absolute atomic E-state index is 0.0278. The quantitative estimate of drug-likeness (QED) is 0.309. The van der Waals surface area contributed by atoms with Crippen LogP contribution in [0, 0.1) is 0 Å². The molecule has 2 atom stereocenters. The van der Waals surface area contributed by atoms with Crippen molar-refractivity contribution in [1.82, 2.24) is 9.88 Å². The lowest BCUT2D eigenvalue weighted by Gasteiger charge is -2.40. The molecule has 0 saturated carbocycles. The van der Waals surface area contributed by atoms with Crippen molar-refractivity contribution in [3.8, 4) is 5.75 Å². The van der Waals surface area contributed by atoms with E-state index in [9.17, 15) is 14.7 Å². The summed E-state index contributed by atoms with van der Waals surface area (Å²) >= 11 is 0. The number of ether oxygens (including phenoxy) is 3. The number of carbonyl (C=O) groups excluding carboxylic acids is 2. The molecule has 0 radical (unpaired) electrons. The average Bonchev–Trinajstić information content (AvgIpc) is 2.98. The van der Waals surface area contributed by atoms with Crippen molar-refractivity contribution < 1.29 is 28.9 Å². The number of carbonyl (C=O) groups is 2. The fourth-order valence-electron chi connectivity index (χ4n) is 4.87. The number of rotatable bonds is 9. The molecule has 3 aromatic carbocycles. The van der Waals surface area contributed by atoms with Crippen molar-refractivity contribution in [3.63, 3.8) is 0 Å². The number of nitrogens with zero attached hydrogens (tertiary/aromatic N) is 2. The van der Waals surface area contributed by atoms with Crippen LogP contribution in [-0.2, 0) is 16.1 Å². The maximum atomic E-state index is 11.9. The number of likely N-dealkylation sites (tertiary alicyclic amines) is 1. The highest BCUT2D eigenvalue weighted by atomic mass is 16.6. The minimum Gasteiger partial charge on any atom is -0.530 e. The van der Waals surface area contributed by atoms with Gasteiger partial charge in [0, 0.05) is 25.2 Å². The zero-order valence-electron chi connectivity index (χ0n) is 21.9. The Kier molecular flexibility index (Phi) is 8.73. The summed E-state index contributed by atoms with van der Waals surface area (Å²) in [6.07, 6.45) is 0.0140. The van der Waals surface area contributed by atoms with E-state index >= 15 is 0 Å². The van der Waals surface area contributed by atoms with Crippen LogP contribution in [0.5, 0.6) is 5.75 Å². The summed E-state index contributed by atoms with van der Waals surface area (Å²) in [5.74, 6) is 1.00. The van der Waals surface area contributed by atoms with Gasteiger partial charge in [-0.1, -0.05) is 54.6 Å². The molecule has 0 bridgehead atoms. The standard InChI is InChI=1S/C31H31N3O6/c35-30(33-29-10-3-4-14-32-29)39-17-16-38-26-9-5-8-25(19-26)27-13-15-34(31(36)37)20-28(27)40-21-22-11-12-23-6-1-2-7-24(23)18-22/h1-12,14,18-19,27-28H,13,15-17,20-21H2,(H,36,37)(H,32,33,35)/p-1. The summed E-state index contributed by atoms with van der Waals surface area (Å²) in [7, 11) is 0. The van der Waals surface area contributed by atoms with Crippen molar-refractivity contribution in [3.05, 3.63) is 102 Å². The molecule has 4 aromatic rings. The minimum atomic E-state index is -1.19. The van der Waals surface area contributed by atoms with Gasteiger partial charge in [0.1, 0.15) is 30.9 Å². The van der Waals surface area contributed by atoms with E-state index in [1.807, 2.05) is 42.5 Å². The molecule has 9 heteroatoms. The van der Waals surface area contributed by atoms with Crippen LogP contribution in [0.25, 0.3) is 10.8 Å². The van der Waals surface area contributed by atoms with E-state index in [4.69, 9.17) is 14.2 Å². The van der Waals surface area contributed by atoms with Gasteiger partial charge in [-0.3, -0.25) is 5.32 Å². The molecule has 1 N–H and O–H groups in total. The maximum Gasteiger partial charge on any atom is 0.412 e. The van der Waals surface area contributed by atoms with Gasteiger partial charge >= 0.3 is 6.09 Å². The SMILES string of the molecule is O=C(Nc1ccccn1)OCCOc1cccc(C2CCN(C(=O)[O-])CC2OCc2ccc3ccccc3c2)c1. The van der Waals surface area contributed by atoms with Crippen molar-refractivity contribution >= 4 is 28.8 Å². The molecule has 0 spiro atoms. The third-order valence-electron chi connectivity index (χ3n) is 6.86. The van der Waals surface area contributed by atoms with Crippen LogP contribution in [0.2, 0.25) is 0 Å². The van der Waals surface area contributed by atoms with Gasteiger partial charge < -0.3 is 29.0 Å². The number of fused-ring (bicyclic) bond motifs is 1. The van der Waals surface area contributed by atoms with E-state index in [0.717, 1.165) is 21.9 Å². The number of piperidine rings is 1. The average molecular weight is 541 g/mol. The fourth-order valence-corrected chi connectivity index (χ4v) is 4.87. The van der Waals surface area contributed by atoms with Crippen LogP contribution in [0.15, 0.2) is 91.1 Å². The second kappa shape index (κ2) is 12.9. The van der Waals surface area contributed by atoms with E-state index in [0.29, 0.717) is 31.1 Å². The van der Waals surface area contributed by atoms with Crippen LogP contribution >= 0.6 is 0 Å². The smallest absolute Gasteiger partial charge is 0.412 e. The van der Waals surface area contributed by atoms with Crippen LogP contribution < -0.4 is 15.2 Å². The summed E-state index contributed by atoms with van der Waals surface area (Å²) in [6, 6.07) is 27.2. The van der Waals surface area contributed by atoms with E-state index in [2.05, 4.69) is 34.6 Å². The van der Waals surface area contributed by atoms with Crippen molar-refractivity contribution in [2.45, 2.75) is 25.0 Å². The number of hydrogen-bond donors (Lipinski definition) is 1. The third kappa shape index (κ3) is 7.06. The van der Waals surface area contributed by atoms with Crippen LogP contribution in [-0.4, -0.2) is 54.5 Å². The zero-order valence-corrected chi connectivity index (χ0v) is 21.9. The molecule has 40 heavy (non-hydrogen) atoms. The summed E-state index contributed by atoms with van der Waals surface area (Å²) in [6.45, 7) is 1.19. The Balaban J connectivity index is 1.19. The normalized spacial score (nSPS) is 16.9. The molecule has 1 fully saturated rings. The molecule has 1 aliphatic heterocycles. The first-order valence-corrected chi connectivity index (χ1v) is 13.2. The predicted octanol–water partition coefficient (Wildman–Crippen LogP) is 4.58. The molecular weight excluding hydrogens is 510 g/mol. The number of benzene rings is 3. The van der Waals surface area contributed by atoms with Gasteiger partial charge in [0.2, 0.25) is 0 Å². The van der Waals surface area contributed by atoms with Gasteiger partial charge in [-0.05, 0) is 58.7 Å². The number of carboxylic acid groups (broad SMARTS) is 1. The number of nitrogens with one attached hydrogen (secondary N) is 1. The first-order chi connectivity index (χ1) is 19.5. The van der Waals surface area contributed by atoms with Gasteiger partial charge in [0.15, 0.2) is 0 Å². The number of hydrogen-bond acceptors (Lipinski definition) is 7. The Hall–Kier alpha value is -4.63. The first-order valence-electron chi connectivity index (χ1n) is 13.2. The zero-order chi connectivity index (χ0) is 27.7. The van der Waals surface area contributed by atoms with Crippen LogP contribution in [0.4, 0.5) is 15.4 Å². The van der Waals surface area contributed by atoms with Gasteiger partial charge in [-0.15, -0.1) is 0 Å². The van der Waals surface area contributed by atoms with Gasteiger partial charge in [-0.25, -0.2) is 9.78 Å². The van der Waals surface area contributed by atoms with Crippen molar-refractivity contribution in [2.24, 2.45) is 0 Å². The molecular formula is C31H30N3O6-. The number of anilines is 1. The molecule has 9 nitrogen and oxygen atoms in total. The molecule has 2 unspecified atom stereocenters. The molecule has 206 valence electrons.